The van der Waals surface area contributed by atoms with Gasteiger partial charge < -0.3 is 24.8 Å². The Labute approximate surface area is 99.9 Å². The maximum absolute atomic E-state index is 3.12. The van der Waals surface area contributed by atoms with Gasteiger partial charge in [0.05, 0.1) is 0 Å². The molecule has 0 amide bonds. The van der Waals surface area contributed by atoms with Gasteiger partial charge in [0.25, 0.3) is 0 Å². The van der Waals surface area contributed by atoms with Gasteiger partial charge in [0.15, 0.2) is 0 Å². The third kappa shape index (κ3) is 2.78. The van der Waals surface area contributed by atoms with E-state index in [4.69, 9.17) is 0 Å². The maximum atomic E-state index is 3.12. The number of rotatable bonds is 0. The predicted octanol–water partition coefficient (Wildman–Crippen LogP) is -5.09. The molecule has 0 N–H and O–H groups in total. The van der Waals surface area contributed by atoms with Crippen LogP contribution in [0.1, 0.15) is 2.85 Å². The molecule has 0 nitrogen and oxygen atoms in total. The molecule has 0 saturated carbocycles. The standard InChI is InChI=1S/C9H6.2ClH.Os.2H2/c1-2-5-9-7-3-6-8(9)4-1;;;;;/h1-6H;2*1H;;2*1H/q;;;+2;;/p-2. The molecular formula is C9H10Cl2Os. The molecule has 0 atom stereocenters. The first-order chi connectivity index (χ1) is 4.47. The molecule has 12 heavy (non-hydrogen) atoms. The van der Waals surface area contributed by atoms with E-state index in [1.807, 2.05) is 18.2 Å². The summed E-state index contributed by atoms with van der Waals surface area (Å²) in [5.74, 6) is 0. The number of halogens is 2. The summed E-state index contributed by atoms with van der Waals surface area (Å²) in [7, 11) is 0. The van der Waals surface area contributed by atoms with E-state index in [2.05, 4.69) is 23.9 Å². The second-order valence-corrected chi connectivity index (χ2v) is 2.06. The van der Waals surface area contributed by atoms with Gasteiger partial charge in [0, 0.05) is 8.07 Å². The van der Waals surface area contributed by atoms with E-state index in [1.54, 1.807) is 0 Å². The van der Waals surface area contributed by atoms with E-state index in [1.165, 1.54) is 10.4 Å². The number of fused-ring (bicyclic) bond motifs is 1. The van der Waals surface area contributed by atoms with E-state index < -0.39 is 0 Å². The molecule has 0 bridgehead atoms. The normalized spacial score (nSPS) is 9.00. The molecule has 1 aromatic carbocycles. The van der Waals surface area contributed by atoms with Crippen LogP contribution in [0, 0.1) is 0 Å². The van der Waals surface area contributed by atoms with E-state index in [9.17, 15) is 0 Å². The second-order valence-electron chi connectivity index (χ2n) is 2.06. The summed E-state index contributed by atoms with van der Waals surface area (Å²) >= 11 is 0. The van der Waals surface area contributed by atoms with Gasteiger partial charge in [-0.25, -0.2) is 0 Å². The molecular weight excluding hydrogens is 369 g/mol. The fraction of sp³-hybridized carbons (Fsp3) is 0. The summed E-state index contributed by atoms with van der Waals surface area (Å²) in [6.07, 6.45) is 4.01. The first-order valence-electron chi connectivity index (χ1n) is 2.99. The molecule has 2 rings (SSSR count). The van der Waals surface area contributed by atoms with Crippen molar-refractivity contribution in [1.29, 1.82) is 0 Å². The van der Waals surface area contributed by atoms with E-state index in [0.29, 0.717) is 0 Å². The number of benzene rings is 1. The fourth-order valence-corrected chi connectivity index (χ4v) is 0.995. The second kappa shape index (κ2) is 6.47. The van der Waals surface area contributed by atoms with Crippen LogP contribution in [0.2, 0.25) is 0 Å². The summed E-state index contributed by atoms with van der Waals surface area (Å²) in [4.78, 5) is 0. The van der Waals surface area contributed by atoms with Crippen LogP contribution in [0.3, 0.4) is 0 Å². The maximum Gasteiger partial charge on any atom is 2.00 e. The Morgan fingerprint density at radius 3 is 2.42 bits per heavy atom. The first-order valence-corrected chi connectivity index (χ1v) is 2.99. The van der Waals surface area contributed by atoms with Gasteiger partial charge in [-0.15, -0.1) is 5.73 Å². The zero-order valence-corrected chi connectivity index (χ0v) is 10.1. The van der Waals surface area contributed by atoms with Crippen molar-refractivity contribution in [2.45, 2.75) is 0 Å². The Kier molecular flexibility index (Phi) is 7.81. The zero-order chi connectivity index (χ0) is 6.10. The van der Waals surface area contributed by atoms with Crippen molar-refractivity contribution >= 4 is 11.8 Å². The van der Waals surface area contributed by atoms with Gasteiger partial charge in [-0.05, 0) is 23.4 Å². The fourth-order valence-electron chi connectivity index (χ4n) is 0.995. The number of allylic oxidation sites excluding steroid dienone is 1. The van der Waals surface area contributed by atoms with Gasteiger partial charge in [-0.2, -0.15) is 0 Å². The van der Waals surface area contributed by atoms with Crippen molar-refractivity contribution in [2.75, 3.05) is 0 Å². The topological polar surface area (TPSA) is 0 Å². The summed E-state index contributed by atoms with van der Waals surface area (Å²) < 4.78 is 0. The SMILES string of the molecule is C1=CC=c2ccccc2=1.[Cl-].[Cl-].[HH].[HH].[Os+2]. The van der Waals surface area contributed by atoms with Crippen molar-refractivity contribution in [3.8, 4) is 0 Å². The zero-order valence-electron chi connectivity index (χ0n) is 6.07. The molecule has 0 fully saturated rings. The van der Waals surface area contributed by atoms with Crippen LogP contribution < -0.4 is 35.3 Å². The minimum absolute atomic E-state index is 0. The van der Waals surface area contributed by atoms with Crippen molar-refractivity contribution in [2.24, 2.45) is 0 Å². The molecule has 0 aromatic heterocycles. The average Bonchev–Trinajstić information content (AvgIpc) is 2.33. The molecule has 1 aliphatic carbocycles. The molecule has 1 aromatic rings. The summed E-state index contributed by atoms with van der Waals surface area (Å²) in [6.45, 7) is 0. The minimum Gasteiger partial charge on any atom is -1.00 e. The molecule has 0 radical (unpaired) electrons. The van der Waals surface area contributed by atoms with Gasteiger partial charge in [0.1, 0.15) is 0 Å². The van der Waals surface area contributed by atoms with Crippen molar-refractivity contribution < 1.29 is 47.5 Å². The molecule has 0 heterocycles. The summed E-state index contributed by atoms with van der Waals surface area (Å²) in [6, 6.07) is 8.22. The summed E-state index contributed by atoms with van der Waals surface area (Å²) in [5.41, 5.74) is 3.12. The van der Waals surface area contributed by atoms with Crippen LogP contribution in [-0.2, 0) is 19.8 Å². The molecule has 0 aliphatic heterocycles. The van der Waals surface area contributed by atoms with Crippen LogP contribution in [-0.4, -0.2) is 0 Å². The molecule has 0 spiro atoms. The average molecular weight is 379 g/mol. The van der Waals surface area contributed by atoms with E-state index in [-0.39, 0.29) is 47.5 Å². The minimum atomic E-state index is 0. The van der Waals surface area contributed by atoms with Gasteiger partial charge in [-0.3, -0.25) is 0 Å². The van der Waals surface area contributed by atoms with Crippen LogP contribution in [0.5, 0.6) is 0 Å². The smallest absolute Gasteiger partial charge is 1.00 e. The van der Waals surface area contributed by atoms with Gasteiger partial charge >= 0.3 is 19.8 Å². The van der Waals surface area contributed by atoms with Crippen molar-refractivity contribution in [1.82, 2.24) is 0 Å². The first kappa shape index (κ1) is 14.5. The summed E-state index contributed by atoms with van der Waals surface area (Å²) in [5, 5.41) is 2.48. The largest absolute Gasteiger partial charge is 2.00 e. The van der Waals surface area contributed by atoms with Crippen LogP contribution in [0.25, 0.3) is 11.8 Å². The quantitative estimate of drug-likeness (QED) is 0.423. The number of hydrogen-bond acceptors (Lipinski definition) is 0. The molecule has 3 heteroatoms. The van der Waals surface area contributed by atoms with Gasteiger partial charge in [0.2, 0.25) is 0 Å². The third-order valence-corrected chi connectivity index (χ3v) is 1.46. The Balaban J connectivity index is -0.0000001000. The Morgan fingerprint density at radius 2 is 1.75 bits per heavy atom. The van der Waals surface area contributed by atoms with Crippen LogP contribution >= 0.6 is 0 Å². The Bertz CT molecular complexity index is 386. The monoisotopic (exact) mass is 380 g/mol. The molecule has 68 valence electrons. The number of hydrogen-bond donors (Lipinski definition) is 0. The Hall–Kier alpha value is -0.0436. The van der Waals surface area contributed by atoms with Crippen molar-refractivity contribution in [3.05, 3.63) is 40.8 Å². The van der Waals surface area contributed by atoms with Crippen LogP contribution in [0.15, 0.2) is 30.3 Å². The molecule has 0 saturated heterocycles. The van der Waals surface area contributed by atoms with Gasteiger partial charge in [-0.1, -0.05) is 18.2 Å². The predicted molar refractivity (Wildman–Crippen MR) is 42.4 cm³/mol. The molecule has 1 aliphatic rings. The third-order valence-electron chi connectivity index (χ3n) is 1.46. The van der Waals surface area contributed by atoms with E-state index >= 15 is 0 Å². The van der Waals surface area contributed by atoms with Crippen LogP contribution in [0.4, 0.5) is 0 Å². The van der Waals surface area contributed by atoms with Crippen molar-refractivity contribution in [3.63, 3.8) is 0 Å². The van der Waals surface area contributed by atoms with E-state index in [0.717, 1.165) is 0 Å². The Morgan fingerprint density at radius 1 is 1.08 bits per heavy atom. The molecule has 0 unspecified atom stereocenters.